The summed E-state index contributed by atoms with van der Waals surface area (Å²) in [5.41, 5.74) is 1.24. The van der Waals surface area contributed by atoms with E-state index in [1.54, 1.807) is 11.8 Å². The van der Waals surface area contributed by atoms with E-state index in [1.165, 1.54) is 5.56 Å². The van der Waals surface area contributed by atoms with Crippen LogP contribution in [0.5, 0.6) is 5.75 Å². The molecule has 0 spiro atoms. The van der Waals surface area contributed by atoms with Gasteiger partial charge in [0.05, 0.1) is 18.4 Å². The summed E-state index contributed by atoms with van der Waals surface area (Å²) in [6.07, 6.45) is 0.986. The first-order chi connectivity index (χ1) is 7.33. The van der Waals surface area contributed by atoms with Crippen molar-refractivity contribution in [3.05, 3.63) is 29.8 Å². The maximum absolute atomic E-state index is 8.32. The molecule has 80 valence electrons. The van der Waals surface area contributed by atoms with E-state index in [9.17, 15) is 0 Å². The van der Waals surface area contributed by atoms with Gasteiger partial charge >= 0.3 is 0 Å². The molecule has 0 bridgehead atoms. The van der Waals surface area contributed by atoms with Gasteiger partial charge in [0, 0.05) is 0 Å². The second kappa shape index (κ2) is 7.19. The number of hydrogen-bond donors (Lipinski definition) is 0. The fourth-order valence-electron chi connectivity index (χ4n) is 1.10. The maximum atomic E-state index is 8.32. The predicted molar refractivity (Wildman–Crippen MR) is 64.2 cm³/mol. The lowest BCUT2D eigenvalue weighted by Crippen LogP contribution is -1.98. The molecule has 0 aliphatic rings. The molecule has 0 aliphatic heterocycles. The van der Waals surface area contributed by atoms with Crippen molar-refractivity contribution in [2.75, 3.05) is 18.1 Å². The van der Waals surface area contributed by atoms with Crippen LogP contribution in [0.2, 0.25) is 0 Å². The summed E-state index contributed by atoms with van der Waals surface area (Å²) in [5.74, 6) is 2.48. The van der Waals surface area contributed by atoms with E-state index in [2.05, 4.69) is 13.0 Å². The van der Waals surface area contributed by atoms with Crippen molar-refractivity contribution in [2.24, 2.45) is 0 Å². The summed E-state index contributed by atoms with van der Waals surface area (Å²) in [4.78, 5) is 0. The molecule has 1 aromatic carbocycles. The van der Waals surface area contributed by atoms with Gasteiger partial charge in [-0.05, 0) is 31.2 Å². The summed E-state index contributed by atoms with van der Waals surface area (Å²) < 4.78 is 5.54. The van der Waals surface area contributed by atoms with Crippen molar-refractivity contribution in [1.29, 1.82) is 5.26 Å². The second-order valence-corrected chi connectivity index (χ2v) is 4.33. The van der Waals surface area contributed by atoms with Crippen molar-refractivity contribution in [3.63, 3.8) is 0 Å². The minimum absolute atomic E-state index is 0.574. The topological polar surface area (TPSA) is 33.0 Å². The third-order valence-corrected chi connectivity index (χ3v) is 2.80. The lowest BCUT2D eigenvalue weighted by molar-refractivity contribution is 0.318. The normalized spacial score (nSPS) is 9.60. The number of nitriles is 1. The van der Waals surface area contributed by atoms with Gasteiger partial charge in [-0.1, -0.05) is 17.7 Å². The largest absolute Gasteiger partial charge is 0.494 e. The number of thioether (sulfide) groups is 1. The molecule has 0 atom stereocenters. The van der Waals surface area contributed by atoms with Crippen molar-refractivity contribution in [2.45, 2.75) is 13.3 Å². The van der Waals surface area contributed by atoms with Crippen LogP contribution in [0.3, 0.4) is 0 Å². The zero-order valence-electron chi connectivity index (χ0n) is 8.90. The molecule has 0 aromatic heterocycles. The highest BCUT2D eigenvalue weighted by molar-refractivity contribution is 7.99. The van der Waals surface area contributed by atoms with E-state index in [1.807, 2.05) is 24.3 Å². The standard InChI is InChI=1S/C12H15NOS/c1-11-3-5-12(6-4-11)14-8-2-9-15-10-7-13/h3-6H,2,8-10H2,1H3. The minimum Gasteiger partial charge on any atom is -0.494 e. The molecular weight excluding hydrogens is 206 g/mol. The van der Waals surface area contributed by atoms with Gasteiger partial charge in [-0.3, -0.25) is 0 Å². The average molecular weight is 221 g/mol. The Balaban J connectivity index is 2.10. The fourth-order valence-corrected chi connectivity index (χ4v) is 1.66. The molecule has 1 rings (SSSR count). The Morgan fingerprint density at radius 3 is 2.73 bits per heavy atom. The molecular formula is C12H15NOS. The summed E-state index contributed by atoms with van der Waals surface area (Å²) >= 11 is 1.65. The number of aryl methyl sites for hydroxylation is 1. The lowest BCUT2D eigenvalue weighted by atomic mass is 10.2. The zero-order valence-corrected chi connectivity index (χ0v) is 9.72. The van der Waals surface area contributed by atoms with Gasteiger partial charge in [-0.25, -0.2) is 0 Å². The molecule has 15 heavy (non-hydrogen) atoms. The van der Waals surface area contributed by atoms with E-state index in [-0.39, 0.29) is 0 Å². The monoisotopic (exact) mass is 221 g/mol. The van der Waals surface area contributed by atoms with E-state index in [0.29, 0.717) is 5.75 Å². The molecule has 3 heteroatoms. The van der Waals surface area contributed by atoms with Gasteiger partial charge < -0.3 is 4.74 Å². The summed E-state index contributed by atoms with van der Waals surface area (Å²) in [6, 6.07) is 10.2. The Hall–Kier alpha value is -1.14. The van der Waals surface area contributed by atoms with Gasteiger partial charge in [0.15, 0.2) is 0 Å². The molecule has 1 aromatic rings. The highest BCUT2D eigenvalue weighted by Gasteiger charge is 1.93. The average Bonchev–Trinajstić information content (AvgIpc) is 2.26. The Morgan fingerprint density at radius 1 is 1.33 bits per heavy atom. The second-order valence-electron chi connectivity index (χ2n) is 3.23. The van der Waals surface area contributed by atoms with Gasteiger partial charge in [0.2, 0.25) is 0 Å². The predicted octanol–water partition coefficient (Wildman–Crippen LogP) is 3.02. The molecule has 0 saturated heterocycles. The molecule has 0 fully saturated rings. The fraction of sp³-hybridized carbons (Fsp3) is 0.417. The maximum Gasteiger partial charge on any atom is 0.119 e. The van der Waals surface area contributed by atoms with Gasteiger partial charge in [0.25, 0.3) is 0 Å². The van der Waals surface area contributed by atoms with Gasteiger partial charge in [0.1, 0.15) is 5.75 Å². The van der Waals surface area contributed by atoms with E-state index < -0.39 is 0 Å². The van der Waals surface area contributed by atoms with Gasteiger partial charge in [-0.15, -0.1) is 11.8 Å². The quantitative estimate of drug-likeness (QED) is 0.692. The van der Waals surface area contributed by atoms with Crippen molar-refractivity contribution in [3.8, 4) is 11.8 Å². The Labute approximate surface area is 95.3 Å². The van der Waals surface area contributed by atoms with Crippen molar-refractivity contribution >= 4 is 11.8 Å². The highest BCUT2D eigenvalue weighted by atomic mass is 32.2. The third kappa shape index (κ3) is 5.34. The van der Waals surface area contributed by atoms with Crippen LogP contribution < -0.4 is 4.74 Å². The first kappa shape index (κ1) is 11.9. The summed E-state index contributed by atoms with van der Waals surface area (Å²) in [5, 5.41) is 8.32. The molecule has 0 aliphatic carbocycles. The summed E-state index contributed by atoms with van der Waals surface area (Å²) in [6.45, 7) is 2.78. The van der Waals surface area contributed by atoms with Crippen LogP contribution in [0.1, 0.15) is 12.0 Å². The molecule has 0 N–H and O–H groups in total. The van der Waals surface area contributed by atoms with Crippen LogP contribution in [0.4, 0.5) is 0 Å². The van der Waals surface area contributed by atoms with Crippen molar-refractivity contribution in [1.82, 2.24) is 0 Å². The highest BCUT2D eigenvalue weighted by Crippen LogP contribution is 2.12. The van der Waals surface area contributed by atoms with Crippen LogP contribution in [-0.4, -0.2) is 18.1 Å². The molecule has 0 amide bonds. The number of rotatable bonds is 6. The van der Waals surface area contributed by atoms with Crippen LogP contribution in [-0.2, 0) is 0 Å². The lowest BCUT2D eigenvalue weighted by Gasteiger charge is -2.05. The molecule has 0 unspecified atom stereocenters. The SMILES string of the molecule is Cc1ccc(OCCCSCC#N)cc1. The molecule has 0 saturated carbocycles. The van der Waals surface area contributed by atoms with Crippen LogP contribution in [0.15, 0.2) is 24.3 Å². The van der Waals surface area contributed by atoms with E-state index in [4.69, 9.17) is 10.00 Å². The zero-order chi connectivity index (χ0) is 10.9. The van der Waals surface area contributed by atoms with E-state index in [0.717, 1.165) is 24.5 Å². The first-order valence-electron chi connectivity index (χ1n) is 4.97. The smallest absolute Gasteiger partial charge is 0.119 e. The summed E-state index contributed by atoms with van der Waals surface area (Å²) in [7, 11) is 0. The molecule has 2 nitrogen and oxygen atoms in total. The Morgan fingerprint density at radius 2 is 2.07 bits per heavy atom. The number of benzene rings is 1. The number of ether oxygens (including phenoxy) is 1. The minimum atomic E-state index is 0.574. The van der Waals surface area contributed by atoms with Crippen LogP contribution >= 0.6 is 11.8 Å². The number of hydrogen-bond acceptors (Lipinski definition) is 3. The molecule has 0 radical (unpaired) electrons. The molecule has 0 heterocycles. The van der Waals surface area contributed by atoms with E-state index >= 15 is 0 Å². The third-order valence-electron chi connectivity index (χ3n) is 1.89. The van der Waals surface area contributed by atoms with Crippen LogP contribution in [0, 0.1) is 18.3 Å². The van der Waals surface area contributed by atoms with Crippen molar-refractivity contribution < 1.29 is 4.74 Å². The number of nitrogens with zero attached hydrogens (tertiary/aromatic N) is 1. The Kier molecular flexibility index (Phi) is 5.72. The Bertz CT molecular complexity index is 315. The van der Waals surface area contributed by atoms with Gasteiger partial charge in [-0.2, -0.15) is 5.26 Å². The van der Waals surface area contributed by atoms with Crippen LogP contribution in [0.25, 0.3) is 0 Å². The first-order valence-corrected chi connectivity index (χ1v) is 6.12.